The molecule has 1 aromatic carbocycles. The largest absolute Gasteiger partial charge is 0.352 e. The monoisotopic (exact) mass is 253 g/mol. The molecule has 0 amide bonds. The molecule has 0 spiro atoms. The number of nitrogens with zero attached hydrogens (tertiary/aromatic N) is 2. The summed E-state index contributed by atoms with van der Waals surface area (Å²) in [5.41, 5.74) is 1.11. The van der Waals surface area contributed by atoms with Gasteiger partial charge in [0, 0.05) is 12.6 Å². The number of hydrogen-bond acceptors (Lipinski definition) is 3. The Bertz CT molecular complexity index is 406. The maximum atomic E-state index is 12.5. The molecule has 2 rings (SSSR count). The van der Waals surface area contributed by atoms with E-state index in [1.807, 2.05) is 37.3 Å². The number of halogens is 2. The van der Waals surface area contributed by atoms with Crippen LogP contribution in [0.2, 0.25) is 0 Å². The van der Waals surface area contributed by atoms with Gasteiger partial charge in [-0.2, -0.15) is 0 Å². The van der Waals surface area contributed by atoms with Crippen LogP contribution in [0, 0.1) is 0 Å². The fourth-order valence-corrected chi connectivity index (χ4v) is 1.97. The molecule has 0 saturated carbocycles. The number of benzene rings is 1. The summed E-state index contributed by atoms with van der Waals surface area (Å²) in [6.07, 6.45) is -2.34. The van der Waals surface area contributed by atoms with E-state index in [0.717, 1.165) is 5.56 Å². The molecule has 0 bridgehead atoms. The predicted octanol–water partition coefficient (Wildman–Crippen LogP) is 2.10. The Balaban J connectivity index is 1.92. The maximum Gasteiger partial charge on any atom is 0.255 e. The molecule has 1 aliphatic rings. The molecular weight excluding hydrogens is 236 g/mol. The van der Waals surface area contributed by atoms with Crippen LogP contribution in [0.5, 0.6) is 0 Å². The summed E-state index contributed by atoms with van der Waals surface area (Å²) >= 11 is 0. The van der Waals surface area contributed by atoms with Gasteiger partial charge in [-0.1, -0.05) is 30.3 Å². The van der Waals surface area contributed by atoms with Crippen molar-refractivity contribution in [2.24, 2.45) is 4.99 Å². The zero-order valence-electron chi connectivity index (χ0n) is 10.3. The number of alkyl halides is 2. The van der Waals surface area contributed by atoms with Gasteiger partial charge >= 0.3 is 0 Å². The van der Waals surface area contributed by atoms with E-state index in [-0.39, 0.29) is 12.6 Å². The van der Waals surface area contributed by atoms with Gasteiger partial charge in [0.1, 0.15) is 0 Å². The Morgan fingerprint density at radius 3 is 2.78 bits per heavy atom. The second-order valence-electron chi connectivity index (χ2n) is 4.40. The first-order valence-electron chi connectivity index (χ1n) is 6.04. The first-order chi connectivity index (χ1) is 8.66. The van der Waals surface area contributed by atoms with Crippen LogP contribution in [0.4, 0.5) is 8.78 Å². The Kier molecular flexibility index (Phi) is 4.12. The van der Waals surface area contributed by atoms with Crippen molar-refractivity contribution >= 4 is 5.96 Å². The van der Waals surface area contributed by atoms with Crippen molar-refractivity contribution in [3.63, 3.8) is 0 Å². The van der Waals surface area contributed by atoms with Gasteiger partial charge in [-0.3, -0.25) is 4.99 Å². The van der Waals surface area contributed by atoms with E-state index < -0.39 is 6.43 Å². The Hall–Kier alpha value is -1.65. The van der Waals surface area contributed by atoms with Gasteiger partial charge in [-0.25, -0.2) is 8.78 Å². The number of aliphatic imine (C=N–C) groups is 1. The van der Waals surface area contributed by atoms with Gasteiger partial charge in [0.25, 0.3) is 6.43 Å². The molecule has 1 aromatic rings. The molecule has 1 atom stereocenters. The van der Waals surface area contributed by atoms with Crippen LogP contribution in [0.3, 0.4) is 0 Å². The third-order valence-corrected chi connectivity index (χ3v) is 2.94. The summed E-state index contributed by atoms with van der Waals surface area (Å²) in [4.78, 5) is 5.90. The highest BCUT2D eigenvalue weighted by Gasteiger charge is 2.26. The minimum atomic E-state index is -2.34. The van der Waals surface area contributed by atoms with Crippen molar-refractivity contribution in [1.82, 2.24) is 10.2 Å². The lowest BCUT2D eigenvalue weighted by Gasteiger charge is -2.25. The molecule has 18 heavy (non-hydrogen) atoms. The Morgan fingerprint density at radius 1 is 1.39 bits per heavy atom. The molecule has 0 fully saturated rings. The van der Waals surface area contributed by atoms with Crippen LogP contribution >= 0.6 is 0 Å². The fourth-order valence-electron chi connectivity index (χ4n) is 1.97. The quantitative estimate of drug-likeness (QED) is 0.890. The van der Waals surface area contributed by atoms with Gasteiger partial charge in [0.2, 0.25) is 0 Å². The van der Waals surface area contributed by atoms with E-state index in [9.17, 15) is 8.78 Å². The number of guanidine groups is 1. The second kappa shape index (κ2) is 5.80. The van der Waals surface area contributed by atoms with Crippen molar-refractivity contribution in [3.05, 3.63) is 35.9 Å². The van der Waals surface area contributed by atoms with Crippen molar-refractivity contribution in [2.75, 3.05) is 13.1 Å². The van der Waals surface area contributed by atoms with Crippen LogP contribution in [0.25, 0.3) is 0 Å². The Labute approximate surface area is 106 Å². The van der Waals surface area contributed by atoms with Gasteiger partial charge in [-0.05, 0) is 12.5 Å². The lowest BCUT2D eigenvalue weighted by atomic mass is 10.2. The Morgan fingerprint density at radius 2 is 2.11 bits per heavy atom. The van der Waals surface area contributed by atoms with E-state index in [1.165, 1.54) is 0 Å². The molecule has 1 aliphatic heterocycles. The SMILES string of the molecule is C[C@H]1CN=C(NCc2ccccc2)N1CC(F)F. The van der Waals surface area contributed by atoms with E-state index in [2.05, 4.69) is 10.3 Å². The van der Waals surface area contributed by atoms with Crippen LogP contribution in [0.1, 0.15) is 12.5 Å². The van der Waals surface area contributed by atoms with Gasteiger partial charge < -0.3 is 10.2 Å². The third kappa shape index (κ3) is 3.18. The summed E-state index contributed by atoms with van der Waals surface area (Å²) < 4.78 is 24.9. The van der Waals surface area contributed by atoms with E-state index in [0.29, 0.717) is 19.0 Å². The van der Waals surface area contributed by atoms with Gasteiger partial charge in [0.15, 0.2) is 5.96 Å². The third-order valence-electron chi connectivity index (χ3n) is 2.94. The second-order valence-corrected chi connectivity index (χ2v) is 4.40. The summed E-state index contributed by atoms with van der Waals surface area (Å²) in [5, 5.41) is 3.13. The number of hydrogen-bond donors (Lipinski definition) is 1. The zero-order valence-corrected chi connectivity index (χ0v) is 10.3. The predicted molar refractivity (Wildman–Crippen MR) is 67.8 cm³/mol. The average molecular weight is 253 g/mol. The topological polar surface area (TPSA) is 27.6 Å². The lowest BCUT2D eigenvalue weighted by Crippen LogP contribution is -2.44. The van der Waals surface area contributed by atoms with Crippen molar-refractivity contribution < 1.29 is 8.78 Å². The minimum absolute atomic E-state index is 0.0391. The highest BCUT2D eigenvalue weighted by atomic mass is 19.3. The average Bonchev–Trinajstić information content (AvgIpc) is 2.69. The number of nitrogens with one attached hydrogen (secondary N) is 1. The first kappa shape index (κ1) is 12.8. The molecule has 5 heteroatoms. The first-order valence-corrected chi connectivity index (χ1v) is 6.04. The standard InChI is InChI=1S/C13H17F2N3/c1-10-7-16-13(18(10)9-12(14)15)17-8-11-5-3-2-4-6-11/h2-6,10,12H,7-9H2,1H3,(H,16,17)/t10-/m0/s1. The summed E-state index contributed by atoms with van der Waals surface area (Å²) in [7, 11) is 0. The molecule has 3 nitrogen and oxygen atoms in total. The molecule has 0 aliphatic carbocycles. The minimum Gasteiger partial charge on any atom is -0.352 e. The molecule has 1 N–H and O–H groups in total. The molecule has 1 heterocycles. The number of rotatable bonds is 4. The summed E-state index contributed by atoms with van der Waals surface area (Å²) in [6.45, 7) is 2.82. The zero-order chi connectivity index (χ0) is 13.0. The normalized spacial score (nSPS) is 19.2. The van der Waals surface area contributed by atoms with Crippen LogP contribution in [0.15, 0.2) is 35.3 Å². The molecule has 0 unspecified atom stereocenters. The fraction of sp³-hybridized carbons (Fsp3) is 0.462. The highest BCUT2D eigenvalue weighted by Crippen LogP contribution is 2.11. The van der Waals surface area contributed by atoms with Crippen molar-refractivity contribution in [3.8, 4) is 0 Å². The maximum absolute atomic E-state index is 12.5. The van der Waals surface area contributed by atoms with E-state index in [4.69, 9.17) is 0 Å². The van der Waals surface area contributed by atoms with Gasteiger partial charge in [0.05, 0.1) is 13.1 Å². The summed E-state index contributed by atoms with van der Waals surface area (Å²) in [5.74, 6) is 0.576. The van der Waals surface area contributed by atoms with Crippen LogP contribution < -0.4 is 5.32 Å². The molecule has 0 radical (unpaired) electrons. The smallest absolute Gasteiger partial charge is 0.255 e. The lowest BCUT2D eigenvalue weighted by molar-refractivity contribution is 0.108. The van der Waals surface area contributed by atoms with Crippen molar-refractivity contribution in [1.29, 1.82) is 0 Å². The van der Waals surface area contributed by atoms with E-state index >= 15 is 0 Å². The van der Waals surface area contributed by atoms with E-state index in [1.54, 1.807) is 4.90 Å². The van der Waals surface area contributed by atoms with Crippen LogP contribution in [-0.2, 0) is 6.54 Å². The van der Waals surface area contributed by atoms with Crippen molar-refractivity contribution in [2.45, 2.75) is 25.9 Å². The molecular formula is C13H17F2N3. The van der Waals surface area contributed by atoms with Gasteiger partial charge in [-0.15, -0.1) is 0 Å². The highest BCUT2D eigenvalue weighted by molar-refractivity contribution is 5.81. The molecule has 0 aromatic heterocycles. The summed E-state index contributed by atoms with van der Waals surface area (Å²) in [6, 6.07) is 9.87. The van der Waals surface area contributed by atoms with Crippen LogP contribution in [-0.4, -0.2) is 36.4 Å². The molecule has 0 saturated heterocycles. The molecule has 98 valence electrons.